The molecule has 4 heterocycles. The Balaban J connectivity index is 1.02. The third-order valence-corrected chi connectivity index (χ3v) is 14.7. The standard InChI is InChI=1S/C45H61N9O3S/c1-29(38(46)51-41-49-34-12-6-7-13-35(34)58-41)31-11-8-19-53(39(31)47)36-15-14-32(37(50-36)40(56)57)33-21-48-54(30(33)2)28-45-25-42(3)22-43(4,26-45)24-44(23-42,27-45)16-9-17-52(5)18-10-20-55/h6-7,12-15,21,47,50,55-57H,8-11,16-20,22-28H2,1-5H3,(H2,46,49,51)/b31-29-,47-39?/t42-,43+,44?,45?. The zero-order chi connectivity index (χ0) is 41.0. The minimum Gasteiger partial charge on any atom is -0.480 e. The van der Waals surface area contributed by atoms with Crippen LogP contribution in [-0.2, 0) is 6.54 Å². The zero-order valence-corrected chi connectivity index (χ0v) is 35.7. The number of hydrogen-bond donors (Lipinski definition) is 6. The molecule has 13 heteroatoms. The third kappa shape index (κ3) is 7.73. The van der Waals surface area contributed by atoms with Crippen LogP contribution in [0.25, 0.3) is 15.8 Å². The van der Waals surface area contributed by atoms with Crippen molar-refractivity contribution in [2.45, 2.75) is 105 Å². The van der Waals surface area contributed by atoms with Crippen molar-refractivity contribution in [3.8, 4) is 0 Å². The first-order chi connectivity index (χ1) is 27.6. The molecule has 0 radical (unpaired) electrons. The Labute approximate surface area is 346 Å². The summed E-state index contributed by atoms with van der Waals surface area (Å²) in [5.41, 5.74) is 12.8. The Hall–Kier alpha value is -4.46. The monoisotopic (exact) mass is 807 g/mol. The Morgan fingerprint density at radius 3 is 2.48 bits per heavy atom. The molecule has 58 heavy (non-hydrogen) atoms. The van der Waals surface area contributed by atoms with E-state index in [1.54, 1.807) is 0 Å². The average molecular weight is 808 g/mol. The number of aromatic nitrogens is 3. The number of amidine groups is 2. The molecule has 4 saturated carbocycles. The van der Waals surface area contributed by atoms with Gasteiger partial charge in [0.05, 0.1) is 16.4 Å². The summed E-state index contributed by atoms with van der Waals surface area (Å²) in [4.78, 5) is 13.5. The lowest BCUT2D eigenvalue weighted by molar-refractivity contribution is -0.198. The van der Waals surface area contributed by atoms with Gasteiger partial charge >= 0.3 is 0 Å². The van der Waals surface area contributed by atoms with Gasteiger partial charge in [-0.1, -0.05) is 37.3 Å². The second kappa shape index (κ2) is 15.3. The summed E-state index contributed by atoms with van der Waals surface area (Å²) in [7, 11) is 2.18. The molecule has 1 aromatic carbocycles. The SMILES string of the molecule is CC(=C1\CCCN(C2=CC=C(c3cnn(CC45CC6(CCCN(C)CCCO)C[C@@](C)(C4)C[C@](C)(C6)C5)c3C)C(=C(O)O)N2)C1=N)/C(N)=N\c1nc2ccccc2s1. The molecule has 310 valence electrons. The van der Waals surface area contributed by atoms with E-state index in [1.165, 1.54) is 62.7 Å². The van der Waals surface area contributed by atoms with Crippen molar-refractivity contribution in [3.05, 3.63) is 82.5 Å². The highest BCUT2D eigenvalue weighted by Crippen LogP contribution is 2.75. The molecule has 2 unspecified atom stereocenters. The number of dihydropyridines is 1. The van der Waals surface area contributed by atoms with Gasteiger partial charge in [0.2, 0.25) is 5.13 Å². The number of nitrogens with two attached hydrogens (primary N) is 1. The van der Waals surface area contributed by atoms with Gasteiger partial charge in [-0.25, -0.2) is 9.98 Å². The summed E-state index contributed by atoms with van der Waals surface area (Å²) < 4.78 is 3.22. The van der Waals surface area contributed by atoms with Gasteiger partial charge in [0.1, 0.15) is 23.2 Å². The third-order valence-electron chi connectivity index (χ3n) is 13.8. The average Bonchev–Trinajstić information content (AvgIpc) is 3.73. The number of nitrogens with zero attached hydrogens (tertiary/aromatic N) is 6. The van der Waals surface area contributed by atoms with E-state index >= 15 is 0 Å². The molecular weight excluding hydrogens is 747 g/mol. The Morgan fingerprint density at radius 1 is 1.03 bits per heavy atom. The predicted molar refractivity (Wildman–Crippen MR) is 233 cm³/mol. The van der Waals surface area contributed by atoms with Crippen LogP contribution in [0.15, 0.2) is 76.2 Å². The fourth-order valence-electron chi connectivity index (χ4n) is 12.7. The molecule has 9 rings (SSSR count). The summed E-state index contributed by atoms with van der Waals surface area (Å²) in [6.07, 6.45) is 18.0. The fourth-order valence-corrected chi connectivity index (χ4v) is 13.5. The van der Waals surface area contributed by atoms with Crippen molar-refractivity contribution >= 4 is 43.9 Å². The highest BCUT2D eigenvalue weighted by atomic mass is 32.1. The number of para-hydroxylation sites is 1. The number of likely N-dealkylation sites (tertiary alicyclic amines) is 1. The zero-order valence-electron chi connectivity index (χ0n) is 34.9. The first kappa shape index (κ1) is 40.3. The van der Waals surface area contributed by atoms with Crippen LogP contribution >= 0.6 is 11.3 Å². The molecule has 3 aromatic rings. The molecule has 2 aliphatic heterocycles. The number of aliphatic hydroxyl groups excluding tert-OH is 2. The van der Waals surface area contributed by atoms with Crippen molar-refractivity contribution in [2.24, 2.45) is 32.4 Å². The maximum Gasteiger partial charge on any atom is 0.299 e. The molecular formula is C45H61N9O3S. The van der Waals surface area contributed by atoms with E-state index in [9.17, 15) is 20.7 Å². The van der Waals surface area contributed by atoms with Crippen LogP contribution in [0.1, 0.15) is 103 Å². The molecule has 7 N–H and O–H groups in total. The summed E-state index contributed by atoms with van der Waals surface area (Å²) in [6, 6.07) is 7.89. The van der Waals surface area contributed by atoms with Crippen LogP contribution in [-0.4, -0.2) is 84.8 Å². The van der Waals surface area contributed by atoms with Gasteiger partial charge in [-0.05, 0) is 150 Å². The molecule has 4 aliphatic carbocycles. The smallest absolute Gasteiger partial charge is 0.299 e. The van der Waals surface area contributed by atoms with Crippen molar-refractivity contribution in [1.82, 2.24) is 29.9 Å². The molecule has 5 fully saturated rings. The van der Waals surface area contributed by atoms with Gasteiger partial charge in [-0.3, -0.25) is 10.1 Å². The molecule has 2 aromatic heterocycles. The lowest BCUT2D eigenvalue weighted by atomic mass is 9.35. The summed E-state index contributed by atoms with van der Waals surface area (Å²) in [5.74, 6) is 0.408. The van der Waals surface area contributed by atoms with Crippen LogP contribution < -0.4 is 11.1 Å². The highest BCUT2D eigenvalue weighted by Gasteiger charge is 2.65. The van der Waals surface area contributed by atoms with Gasteiger partial charge in [-0.2, -0.15) is 5.10 Å². The number of benzene rings is 1. The Kier molecular flexibility index (Phi) is 10.6. The van der Waals surface area contributed by atoms with Crippen molar-refractivity contribution < 1.29 is 15.3 Å². The summed E-state index contributed by atoms with van der Waals surface area (Å²) in [6.45, 7) is 12.8. The van der Waals surface area contributed by atoms with E-state index in [0.717, 1.165) is 65.1 Å². The fraction of sp³-hybridized carbons (Fsp3) is 0.556. The predicted octanol–water partition coefficient (Wildman–Crippen LogP) is 8.45. The maximum absolute atomic E-state index is 10.7. The van der Waals surface area contributed by atoms with E-state index in [0.29, 0.717) is 57.4 Å². The first-order valence-electron chi connectivity index (χ1n) is 21.0. The van der Waals surface area contributed by atoms with Gasteiger partial charge in [0, 0.05) is 48.6 Å². The number of thiazole rings is 1. The van der Waals surface area contributed by atoms with Crippen LogP contribution in [0.4, 0.5) is 5.13 Å². The van der Waals surface area contributed by atoms with Crippen LogP contribution in [0.2, 0.25) is 0 Å². The first-order valence-corrected chi connectivity index (χ1v) is 21.8. The quantitative estimate of drug-likeness (QED) is 0.0563. The number of aliphatic hydroxyl groups is 3. The van der Waals surface area contributed by atoms with Gasteiger partial charge in [-0.15, -0.1) is 0 Å². The number of hydrogen-bond acceptors (Lipinski definition) is 10. The van der Waals surface area contributed by atoms with Gasteiger partial charge in [0.15, 0.2) is 0 Å². The van der Waals surface area contributed by atoms with Crippen LogP contribution in [0.5, 0.6) is 0 Å². The lowest BCUT2D eigenvalue weighted by Gasteiger charge is -2.70. The number of rotatable bonds is 13. The minimum absolute atomic E-state index is 0.166. The Bertz CT molecular complexity index is 2210. The van der Waals surface area contributed by atoms with Crippen molar-refractivity contribution in [3.63, 3.8) is 0 Å². The van der Waals surface area contributed by atoms with Gasteiger partial charge in [0.25, 0.3) is 5.95 Å². The Morgan fingerprint density at radius 2 is 1.76 bits per heavy atom. The van der Waals surface area contributed by atoms with Crippen molar-refractivity contribution in [1.29, 1.82) is 5.41 Å². The van der Waals surface area contributed by atoms with Crippen molar-refractivity contribution in [2.75, 3.05) is 33.3 Å². The number of nitrogens with one attached hydrogen (secondary N) is 2. The highest BCUT2D eigenvalue weighted by molar-refractivity contribution is 7.22. The molecule has 12 nitrogen and oxygen atoms in total. The minimum atomic E-state index is -0.808. The summed E-state index contributed by atoms with van der Waals surface area (Å²) >= 11 is 1.48. The van der Waals surface area contributed by atoms with E-state index in [-0.39, 0.29) is 17.7 Å². The largest absolute Gasteiger partial charge is 0.480 e. The number of allylic oxidation sites excluding steroid dienone is 3. The normalized spacial score (nSPS) is 29.3. The van der Waals surface area contributed by atoms with E-state index < -0.39 is 5.95 Å². The molecule has 0 spiro atoms. The van der Waals surface area contributed by atoms with Gasteiger partial charge < -0.3 is 36.2 Å². The number of fused-ring (bicyclic) bond motifs is 1. The van der Waals surface area contributed by atoms with Crippen LogP contribution in [0, 0.1) is 34.0 Å². The lowest BCUT2D eigenvalue weighted by Crippen LogP contribution is -2.60. The second-order valence-corrected chi connectivity index (χ2v) is 20.1. The second-order valence-electron chi connectivity index (χ2n) is 19.1. The maximum atomic E-state index is 10.7. The molecule has 4 bridgehead atoms. The summed E-state index contributed by atoms with van der Waals surface area (Å²) in [5, 5.41) is 48.8. The van der Waals surface area contributed by atoms with E-state index in [2.05, 4.69) is 52.7 Å². The van der Waals surface area contributed by atoms with Crippen LogP contribution in [0.3, 0.4) is 0 Å². The molecule has 1 saturated heterocycles. The molecule has 6 aliphatic rings. The van der Waals surface area contributed by atoms with E-state index in [4.69, 9.17) is 10.8 Å². The topological polar surface area (TPSA) is 172 Å². The molecule has 4 atom stereocenters. The number of piperidine rings is 1. The number of aliphatic imine (C=N–C) groups is 1. The molecule has 0 amide bonds. The van der Waals surface area contributed by atoms with E-state index in [1.807, 2.05) is 54.4 Å².